The van der Waals surface area contributed by atoms with Gasteiger partial charge in [-0.25, -0.2) is 0 Å². The second-order valence-corrected chi connectivity index (χ2v) is 10.9. The topological polar surface area (TPSA) is 105 Å². The third-order valence-corrected chi connectivity index (χ3v) is 6.83. The molecule has 0 aromatic heterocycles. The number of rotatable bonds is 38. The van der Waals surface area contributed by atoms with E-state index in [4.69, 9.17) is 38.3 Å². The largest absolute Gasteiger partial charge is 0.394 e. The van der Waals surface area contributed by atoms with Crippen molar-refractivity contribution in [1.29, 1.82) is 0 Å². The maximum absolute atomic E-state index is 10.1. The molecule has 0 aromatic rings. The highest BCUT2D eigenvalue weighted by Crippen LogP contribution is 2.11. The highest BCUT2D eigenvalue weighted by molar-refractivity contribution is 4.81. The lowest BCUT2D eigenvalue weighted by molar-refractivity contribution is -0.0266. The predicted octanol–water partition coefficient (Wildman–Crippen LogP) is 5.88. The first kappa shape index (κ1) is 42.4. The molecule has 0 saturated carbocycles. The molecule has 1 unspecified atom stereocenters. The van der Waals surface area contributed by atoms with Gasteiger partial charge in [0, 0.05) is 0 Å². The van der Waals surface area contributed by atoms with Gasteiger partial charge in [0.1, 0.15) is 0 Å². The summed E-state index contributed by atoms with van der Waals surface area (Å²) in [6, 6.07) is 0. The van der Waals surface area contributed by atoms with Crippen LogP contribution in [0.5, 0.6) is 0 Å². The monoisotopic (exact) mass is 620 g/mol. The van der Waals surface area contributed by atoms with Crippen LogP contribution in [0.1, 0.15) is 103 Å². The number of ether oxygens (including phenoxy) is 7. The van der Waals surface area contributed by atoms with E-state index in [0.717, 1.165) is 12.8 Å². The fourth-order valence-electron chi connectivity index (χ4n) is 4.31. The molecule has 0 radical (unpaired) electrons. The fourth-order valence-corrected chi connectivity index (χ4v) is 4.31. The molecule has 0 aliphatic heterocycles. The van der Waals surface area contributed by atoms with Crippen LogP contribution in [0.3, 0.4) is 0 Å². The third kappa shape index (κ3) is 39.4. The Balaban J connectivity index is 3.17. The molecule has 0 fully saturated rings. The van der Waals surface area contributed by atoms with Crippen LogP contribution in [0.15, 0.2) is 12.2 Å². The predicted molar refractivity (Wildman–Crippen MR) is 173 cm³/mol. The summed E-state index contributed by atoms with van der Waals surface area (Å²) in [4.78, 5) is 0. The van der Waals surface area contributed by atoms with Crippen molar-refractivity contribution in [3.63, 3.8) is 0 Å². The Morgan fingerprint density at radius 3 is 1.21 bits per heavy atom. The standard InChI is InChI=1S/C34H68O9/c1-2-3-4-5-6-7-8-9-10-11-12-13-14-15-16-17-18-34(36)33-43-32-31-42-30-29-41-28-27-40-26-25-39-24-23-38-22-21-37-20-19-35/h9-10,34-36H,2-8,11-33H2,1H3/b10-9-. The Bertz CT molecular complexity index is 522. The zero-order chi connectivity index (χ0) is 31.2. The molecule has 0 aromatic carbocycles. The van der Waals surface area contributed by atoms with E-state index in [9.17, 15) is 5.11 Å². The van der Waals surface area contributed by atoms with E-state index in [2.05, 4.69) is 19.1 Å². The number of allylic oxidation sites excluding steroid dienone is 2. The lowest BCUT2D eigenvalue weighted by Gasteiger charge is -2.11. The first-order valence-electron chi connectivity index (χ1n) is 17.3. The Labute approximate surface area is 263 Å². The van der Waals surface area contributed by atoms with Crippen LogP contribution in [0.25, 0.3) is 0 Å². The molecule has 1 atom stereocenters. The van der Waals surface area contributed by atoms with Gasteiger partial charge in [-0.05, 0) is 32.1 Å². The lowest BCUT2D eigenvalue weighted by Crippen LogP contribution is -2.18. The van der Waals surface area contributed by atoms with Crippen molar-refractivity contribution >= 4 is 0 Å². The minimum Gasteiger partial charge on any atom is -0.394 e. The Kier molecular flexibility index (Phi) is 38.8. The summed E-state index contributed by atoms with van der Waals surface area (Å²) in [5.74, 6) is 0. The first-order chi connectivity index (χ1) is 21.3. The van der Waals surface area contributed by atoms with E-state index < -0.39 is 0 Å². The first-order valence-corrected chi connectivity index (χ1v) is 17.3. The molecule has 0 rings (SSSR count). The van der Waals surface area contributed by atoms with Crippen LogP contribution >= 0.6 is 0 Å². The molecule has 0 bridgehead atoms. The molecule has 258 valence electrons. The zero-order valence-corrected chi connectivity index (χ0v) is 27.7. The normalized spacial score (nSPS) is 12.5. The molecule has 0 spiro atoms. The minimum absolute atomic E-state index is 0.0303. The summed E-state index contributed by atoms with van der Waals surface area (Å²) >= 11 is 0. The molecule has 0 amide bonds. The van der Waals surface area contributed by atoms with Crippen molar-refractivity contribution < 1.29 is 43.4 Å². The Morgan fingerprint density at radius 1 is 0.442 bits per heavy atom. The number of aliphatic hydroxyl groups is 2. The average molecular weight is 621 g/mol. The maximum atomic E-state index is 10.1. The minimum atomic E-state index is -0.387. The maximum Gasteiger partial charge on any atom is 0.0773 e. The smallest absolute Gasteiger partial charge is 0.0773 e. The van der Waals surface area contributed by atoms with Gasteiger partial charge in [-0.2, -0.15) is 0 Å². The van der Waals surface area contributed by atoms with Gasteiger partial charge >= 0.3 is 0 Å². The van der Waals surface area contributed by atoms with Crippen molar-refractivity contribution in [2.45, 2.75) is 109 Å². The van der Waals surface area contributed by atoms with E-state index in [1.165, 1.54) is 83.5 Å². The van der Waals surface area contributed by atoms with Gasteiger partial charge in [-0.15, -0.1) is 0 Å². The van der Waals surface area contributed by atoms with Gasteiger partial charge in [0.25, 0.3) is 0 Å². The molecule has 0 aliphatic rings. The van der Waals surface area contributed by atoms with E-state index in [1.807, 2.05) is 0 Å². The highest BCUT2D eigenvalue weighted by Gasteiger charge is 2.04. The van der Waals surface area contributed by atoms with Crippen LogP contribution in [-0.2, 0) is 33.2 Å². The molecule has 9 heteroatoms. The summed E-state index contributed by atoms with van der Waals surface area (Å²) in [6.07, 6.45) is 23.3. The summed E-state index contributed by atoms with van der Waals surface area (Å²) < 4.78 is 37.8. The van der Waals surface area contributed by atoms with Crippen molar-refractivity contribution in [1.82, 2.24) is 0 Å². The second-order valence-electron chi connectivity index (χ2n) is 10.9. The molecule has 2 N–H and O–H groups in total. The van der Waals surface area contributed by atoms with Crippen LogP contribution in [0.4, 0.5) is 0 Å². The average Bonchev–Trinajstić information content (AvgIpc) is 3.01. The fraction of sp³-hybridized carbons (Fsp3) is 0.941. The summed E-state index contributed by atoms with van der Waals surface area (Å²) in [5.41, 5.74) is 0. The molecule has 0 aliphatic carbocycles. The Morgan fingerprint density at radius 2 is 0.791 bits per heavy atom. The van der Waals surface area contributed by atoms with Crippen molar-refractivity contribution in [3.05, 3.63) is 12.2 Å². The number of hydrogen-bond donors (Lipinski definition) is 2. The quantitative estimate of drug-likeness (QED) is 0.0646. The van der Waals surface area contributed by atoms with Gasteiger partial charge < -0.3 is 43.4 Å². The lowest BCUT2D eigenvalue weighted by atomic mass is 10.1. The number of aliphatic hydroxyl groups excluding tert-OH is 2. The van der Waals surface area contributed by atoms with Crippen molar-refractivity contribution in [3.8, 4) is 0 Å². The SMILES string of the molecule is CCCCCCCC/C=C\CCCCCCCCC(O)COCCOCCOCCOCCOCCOCCOCCO. The molecule has 0 heterocycles. The van der Waals surface area contributed by atoms with E-state index in [-0.39, 0.29) is 12.7 Å². The van der Waals surface area contributed by atoms with Crippen LogP contribution in [0.2, 0.25) is 0 Å². The van der Waals surface area contributed by atoms with Crippen LogP contribution in [-0.4, -0.2) is 115 Å². The van der Waals surface area contributed by atoms with Crippen LogP contribution in [0, 0.1) is 0 Å². The van der Waals surface area contributed by atoms with Crippen LogP contribution < -0.4 is 0 Å². The Hall–Kier alpha value is -0.620. The van der Waals surface area contributed by atoms with Gasteiger partial charge in [-0.3, -0.25) is 0 Å². The van der Waals surface area contributed by atoms with Gasteiger partial charge in [0.05, 0.1) is 105 Å². The summed E-state index contributed by atoms with van der Waals surface area (Å²) in [7, 11) is 0. The summed E-state index contributed by atoms with van der Waals surface area (Å²) in [5, 5.41) is 18.7. The van der Waals surface area contributed by atoms with Crippen molar-refractivity contribution in [2.75, 3.05) is 99.1 Å². The number of unbranched alkanes of at least 4 members (excludes halogenated alkanes) is 12. The third-order valence-electron chi connectivity index (χ3n) is 6.83. The number of hydrogen-bond acceptors (Lipinski definition) is 9. The van der Waals surface area contributed by atoms with E-state index >= 15 is 0 Å². The van der Waals surface area contributed by atoms with Crippen molar-refractivity contribution in [2.24, 2.45) is 0 Å². The molecule has 43 heavy (non-hydrogen) atoms. The van der Waals surface area contributed by atoms with E-state index in [1.54, 1.807) is 0 Å². The second kappa shape index (κ2) is 39.4. The molecular weight excluding hydrogens is 552 g/mol. The summed E-state index contributed by atoms with van der Waals surface area (Å²) in [6.45, 7) is 9.07. The zero-order valence-electron chi connectivity index (χ0n) is 27.7. The van der Waals surface area contributed by atoms with Gasteiger partial charge in [0.15, 0.2) is 0 Å². The van der Waals surface area contributed by atoms with Gasteiger partial charge in [0.2, 0.25) is 0 Å². The van der Waals surface area contributed by atoms with Gasteiger partial charge in [-0.1, -0.05) is 83.3 Å². The highest BCUT2D eigenvalue weighted by atomic mass is 16.6. The molecule has 0 saturated heterocycles. The van der Waals surface area contributed by atoms with E-state index in [0.29, 0.717) is 92.5 Å². The molecule has 9 nitrogen and oxygen atoms in total. The molecular formula is C34H68O9.